The number of H-pyrrole nitrogens is 1. The van der Waals surface area contributed by atoms with Crippen LogP contribution in [0.4, 0.5) is 4.39 Å². The van der Waals surface area contributed by atoms with Gasteiger partial charge in [-0.3, -0.25) is 5.43 Å². The fourth-order valence-electron chi connectivity index (χ4n) is 6.01. The Morgan fingerprint density at radius 2 is 2.11 bits per heavy atom. The van der Waals surface area contributed by atoms with E-state index in [4.69, 9.17) is 4.74 Å². The molecule has 1 aromatic heterocycles. The maximum Gasteiger partial charge on any atom is 0.334 e. The number of hydrogen-bond acceptors (Lipinski definition) is 7. The number of carbonyl (C=O) groups is 1. The fourth-order valence-corrected chi connectivity index (χ4v) is 6.01. The van der Waals surface area contributed by atoms with E-state index >= 15 is 4.39 Å². The number of imidazole rings is 1. The molecule has 2 aromatic rings. The molecule has 8 nitrogen and oxygen atoms in total. The number of rotatable bonds is 6. The van der Waals surface area contributed by atoms with Crippen LogP contribution in [0.25, 0.3) is 5.57 Å². The Morgan fingerprint density at radius 1 is 1.28 bits per heavy atom. The summed E-state index contributed by atoms with van der Waals surface area (Å²) in [6, 6.07) is 4.78. The number of halogens is 1. The highest BCUT2D eigenvalue weighted by molar-refractivity contribution is 5.98. The van der Waals surface area contributed by atoms with Crippen molar-refractivity contribution < 1.29 is 19.0 Å². The fraction of sp³-hybridized carbons (Fsp3) is 0.556. The zero-order valence-electron chi connectivity index (χ0n) is 21.1. The second kappa shape index (κ2) is 10.3. The molecule has 5 atom stereocenters. The number of alkyl halides is 1. The number of esters is 1. The first-order valence-corrected chi connectivity index (χ1v) is 13.0. The van der Waals surface area contributed by atoms with Gasteiger partial charge in [0.25, 0.3) is 0 Å². The van der Waals surface area contributed by atoms with Gasteiger partial charge in [0.1, 0.15) is 17.7 Å². The molecule has 0 spiro atoms. The zero-order chi connectivity index (χ0) is 25.4. The molecule has 1 aromatic carbocycles. The minimum atomic E-state index is -1.06. The molecule has 5 unspecified atom stereocenters. The third kappa shape index (κ3) is 4.67. The van der Waals surface area contributed by atoms with Gasteiger partial charge in [-0.05, 0) is 69.3 Å². The summed E-state index contributed by atoms with van der Waals surface area (Å²) in [6.07, 6.45) is 3.45. The van der Waals surface area contributed by atoms with E-state index in [0.29, 0.717) is 18.5 Å². The third-order valence-electron chi connectivity index (χ3n) is 7.76. The van der Waals surface area contributed by atoms with Gasteiger partial charge in [0.05, 0.1) is 30.1 Å². The number of benzene rings is 1. The molecule has 3 aliphatic rings. The monoisotopic (exact) mass is 497 g/mol. The number of nitrogens with one attached hydrogen (secondary N) is 4. The largest absolute Gasteiger partial charge is 0.508 e. The number of hydrogen-bond donors (Lipinski definition) is 5. The van der Waals surface area contributed by atoms with E-state index in [1.54, 1.807) is 18.3 Å². The quantitative estimate of drug-likeness (QED) is 0.389. The number of ether oxygens (including phenoxy) is 1. The molecule has 0 bridgehead atoms. The van der Waals surface area contributed by atoms with Gasteiger partial charge >= 0.3 is 5.97 Å². The van der Waals surface area contributed by atoms with Crippen molar-refractivity contribution in [1.82, 2.24) is 26.1 Å². The van der Waals surface area contributed by atoms with Gasteiger partial charge in [-0.1, -0.05) is 13.0 Å². The molecule has 1 saturated carbocycles. The Kier molecular flexibility index (Phi) is 7.14. The van der Waals surface area contributed by atoms with Crippen LogP contribution in [0.15, 0.2) is 30.0 Å². The Hall–Kier alpha value is -2.75. The number of aromatic nitrogens is 2. The van der Waals surface area contributed by atoms with Gasteiger partial charge in [-0.15, -0.1) is 0 Å². The summed E-state index contributed by atoms with van der Waals surface area (Å²) in [7, 11) is 0. The summed E-state index contributed by atoms with van der Waals surface area (Å²) in [5, 5.41) is 13.2. The molecule has 2 fully saturated rings. The zero-order valence-corrected chi connectivity index (χ0v) is 21.1. The van der Waals surface area contributed by atoms with Crippen LogP contribution in [0.5, 0.6) is 5.75 Å². The van der Waals surface area contributed by atoms with E-state index in [1.807, 2.05) is 26.8 Å². The van der Waals surface area contributed by atoms with Gasteiger partial charge in [0.15, 0.2) is 0 Å². The van der Waals surface area contributed by atoms with Gasteiger partial charge in [0, 0.05) is 29.5 Å². The normalized spacial score (nSPS) is 28.4. The summed E-state index contributed by atoms with van der Waals surface area (Å²) in [5.41, 5.74) is 10.8. The molecule has 0 radical (unpaired) electrons. The third-order valence-corrected chi connectivity index (χ3v) is 7.76. The molecule has 36 heavy (non-hydrogen) atoms. The van der Waals surface area contributed by atoms with E-state index in [1.165, 1.54) is 0 Å². The van der Waals surface area contributed by atoms with Crippen molar-refractivity contribution in [2.45, 2.75) is 76.7 Å². The van der Waals surface area contributed by atoms with E-state index in [-0.39, 0.29) is 41.7 Å². The van der Waals surface area contributed by atoms with Gasteiger partial charge in [0.2, 0.25) is 0 Å². The Balaban J connectivity index is 1.35. The second-order valence-electron chi connectivity index (χ2n) is 10.3. The SMILES string of the molecule is CCc1cc(O)ccc1C1CCC2C(c3ncc(C4=C(C(=O)OC(C)C)CCNC4)[nH]3)NNC2C1F. The predicted molar refractivity (Wildman–Crippen MR) is 135 cm³/mol. The van der Waals surface area contributed by atoms with Crippen LogP contribution < -0.4 is 16.2 Å². The minimum Gasteiger partial charge on any atom is -0.508 e. The van der Waals surface area contributed by atoms with Crippen molar-refractivity contribution in [3.63, 3.8) is 0 Å². The first-order chi connectivity index (χ1) is 17.4. The van der Waals surface area contributed by atoms with Gasteiger partial charge in [-0.25, -0.2) is 19.6 Å². The van der Waals surface area contributed by atoms with Gasteiger partial charge in [-0.2, -0.15) is 0 Å². The van der Waals surface area contributed by atoms with Crippen molar-refractivity contribution in [2.24, 2.45) is 5.92 Å². The highest BCUT2D eigenvalue weighted by atomic mass is 19.1. The van der Waals surface area contributed by atoms with Crippen LogP contribution in [-0.2, 0) is 16.0 Å². The number of fused-ring (bicyclic) bond motifs is 1. The molecule has 194 valence electrons. The molecule has 1 saturated heterocycles. The van der Waals surface area contributed by atoms with E-state index in [2.05, 4.69) is 26.1 Å². The molecule has 3 heterocycles. The summed E-state index contributed by atoms with van der Waals surface area (Å²) in [4.78, 5) is 20.7. The Labute approximate surface area is 211 Å². The molecule has 2 aliphatic heterocycles. The van der Waals surface area contributed by atoms with Crippen molar-refractivity contribution >= 4 is 11.5 Å². The Morgan fingerprint density at radius 3 is 2.89 bits per heavy atom. The molecule has 0 amide bonds. The first-order valence-electron chi connectivity index (χ1n) is 13.0. The maximum absolute atomic E-state index is 15.9. The highest BCUT2D eigenvalue weighted by Crippen LogP contribution is 2.45. The van der Waals surface area contributed by atoms with E-state index in [9.17, 15) is 9.90 Å². The lowest BCUT2D eigenvalue weighted by molar-refractivity contribution is -0.142. The Bertz CT molecular complexity index is 1150. The molecule has 5 rings (SSSR count). The van der Waals surface area contributed by atoms with Crippen molar-refractivity contribution in [1.29, 1.82) is 0 Å². The number of aromatic hydroxyl groups is 1. The van der Waals surface area contributed by atoms with E-state index < -0.39 is 6.17 Å². The van der Waals surface area contributed by atoms with Gasteiger partial charge < -0.3 is 20.1 Å². The molecule has 1 aliphatic carbocycles. The number of nitrogens with zero attached hydrogens (tertiary/aromatic N) is 1. The van der Waals surface area contributed by atoms with Crippen molar-refractivity contribution in [3.8, 4) is 5.75 Å². The molecular formula is C27H36FN5O3. The minimum absolute atomic E-state index is 0.0429. The maximum atomic E-state index is 15.9. The standard InChI is InChI=1S/C27H36FN5O3/c1-4-15-11-16(34)5-6-17(15)18-7-8-20-24(23(18)28)32-33-25(20)26-30-13-22(31-26)21-12-29-10-9-19(21)27(35)36-14(2)3/h5-6,11,13-14,18,20,23-25,29,32-34H,4,7-10,12H2,1-3H3,(H,30,31). The van der Waals surface area contributed by atoms with Crippen LogP contribution in [0.2, 0.25) is 0 Å². The lowest BCUT2D eigenvalue weighted by atomic mass is 9.71. The molecule has 5 N–H and O–H groups in total. The van der Waals surface area contributed by atoms with Crippen LogP contribution in [0, 0.1) is 5.92 Å². The van der Waals surface area contributed by atoms with Crippen LogP contribution in [-0.4, -0.2) is 52.5 Å². The van der Waals surface area contributed by atoms with Crippen LogP contribution >= 0.6 is 0 Å². The molecular weight excluding hydrogens is 461 g/mol. The predicted octanol–water partition coefficient (Wildman–Crippen LogP) is 3.43. The number of phenols is 1. The van der Waals surface area contributed by atoms with Crippen LogP contribution in [0.1, 0.15) is 74.6 Å². The lowest BCUT2D eigenvalue weighted by Gasteiger charge is -2.36. The number of hydrazine groups is 1. The number of aromatic amines is 1. The van der Waals surface area contributed by atoms with Crippen molar-refractivity contribution in [3.05, 3.63) is 52.6 Å². The van der Waals surface area contributed by atoms with E-state index in [0.717, 1.165) is 54.0 Å². The summed E-state index contributed by atoms with van der Waals surface area (Å²) < 4.78 is 21.3. The average Bonchev–Trinajstić information content (AvgIpc) is 3.52. The summed E-state index contributed by atoms with van der Waals surface area (Å²) >= 11 is 0. The smallest absolute Gasteiger partial charge is 0.334 e. The number of carbonyl (C=O) groups excluding carboxylic acids is 1. The summed E-state index contributed by atoms with van der Waals surface area (Å²) in [6.45, 7) is 7.01. The van der Waals surface area contributed by atoms with Crippen LogP contribution in [0.3, 0.4) is 0 Å². The second-order valence-corrected chi connectivity index (χ2v) is 10.3. The molecule has 9 heteroatoms. The first kappa shape index (κ1) is 24.9. The number of phenolic OH excluding ortho intramolecular Hbond substituents is 1. The number of aryl methyl sites for hydroxylation is 1. The van der Waals surface area contributed by atoms with Crippen molar-refractivity contribution in [2.75, 3.05) is 13.1 Å². The average molecular weight is 498 g/mol. The highest BCUT2D eigenvalue weighted by Gasteiger charge is 2.48. The summed E-state index contributed by atoms with van der Waals surface area (Å²) in [5.74, 6) is 0.510. The lowest BCUT2D eigenvalue weighted by Crippen LogP contribution is -2.45. The topological polar surface area (TPSA) is 111 Å².